The number of hydrogen-bond acceptors (Lipinski definition) is 4. The zero-order valence-corrected chi connectivity index (χ0v) is 15.3. The van der Waals surface area contributed by atoms with E-state index in [9.17, 15) is 9.18 Å². The average Bonchev–Trinajstić information content (AvgIpc) is 3.06. The summed E-state index contributed by atoms with van der Waals surface area (Å²) in [6.07, 6.45) is 0. The smallest absolute Gasteiger partial charge is 0.251 e. The number of halogens is 1. The van der Waals surface area contributed by atoms with Crippen molar-refractivity contribution in [2.75, 3.05) is 0 Å². The van der Waals surface area contributed by atoms with E-state index in [2.05, 4.69) is 10.3 Å². The maximum absolute atomic E-state index is 13.0. The minimum Gasteiger partial charge on any atom is -0.487 e. The number of aromatic nitrogens is 1. The molecule has 4 nitrogen and oxygen atoms in total. The van der Waals surface area contributed by atoms with Crippen molar-refractivity contribution in [2.24, 2.45) is 0 Å². The van der Waals surface area contributed by atoms with Gasteiger partial charge in [0.25, 0.3) is 5.91 Å². The van der Waals surface area contributed by atoms with Crippen molar-refractivity contribution in [1.29, 1.82) is 0 Å². The third-order valence-electron chi connectivity index (χ3n) is 3.87. The second kappa shape index (κ2) is 8.10. The topological polar surface area (TPSA) is 51.2 Å². The molecule has 0 radical (unpaired) electrons. The second-order valence-corrected chi connectivity index (χ2v) is 6.98. The molecule has 1 aromatic heterocycles. The van der Waals surface area contributed by atoms with Gasteiger partial charge in [-0.2, -0.15) is 0 Å². The maximum Gasteiger partial charge on any atom is 0.251 e. The highest BCUT2D eigenvalue weighted by Crippen LogP contribution is 2.18. The predicted octanol–water partition coefficient (Wildman–Crippen LogP) is 4.66. The molecule has 26 heavy (non-hydrogen) atoms. The van der Waals surface area contributed by atoms with E-state index in [1.54, 1.807) is 47.7 Å². The van der Waals surface area contributed by atoms with Crippen molar-refractivity contribution < 1.29 is 13.9 Å². The second-order valence-electron chi connectivity index (χ2n) is 5.92. The third kappa shape index (κ3) is 4.67. The summed E-state index contributed by atoms with van der Waals surface area (Å²) in [5.74, 6) is 0.0990. The Hall–Kier alpha value is -2.73. The van der Waals surface area contributed by atoms with Crippen LogP contribution in [0.4, 0.5) is 4.39 Å². The van der Waals surface area contributed by atoms with Gasteiger partial charge in [-0.25, -0.2) is 9.37 Å². The molecule has 0 spiro atoms. The number of nitrogens with one attached hydrogen (secondary N) is 1. The zero-order valence-electron chi connectivity index (χ0n) is 14.5. The van der Waals surface area contributed by atoms with E-state index >= 15 is 0 Å². The molecular formula is C20H19FN2O2S. The Balaban J connectivity index is 1.63. The van der Waals surface area contributed by atoms with Gasteiger partial charge in [-0.1, -0.05) is 18.2 Å². The largest absolute Gasteiger partial charge is 0.487 e. The highest BCUT2D eigenvalue weighted by atomic mass is 32.1. The van der Waals surface area contributed by atoms with Crippen LogP contribution in [0.25, 0.3) is 0 Å². The summed E-state index contributed by atoms with van der Waals surface area (Å²) in [5, 5.41) is 5.86. The van der Waals surface area contributed by atoms with Crippen LogP contribution in [0.1, 0.15) is 39.6 Å². The Bertz CT molecular complexity index is 893. The first kappa shape index (κ1) is 18.1. The number of rotatable bonds is 6. The highest BCUT2D eigenvalue weighted by Gasteiger charge is 2.12. The molecule has 0 aliphatic heterocycles. The molecule has 1 atom stereocenters. The Kier molecular flexibility index (Phi) is 5.63. The normalized spacial score (nSPS) is 11.8. The minimum absolute atomic E-state index is 0.211. The van der Waals surface area contributed by atoms with E-state index in [0.717, 1.165) is 16.3 Å². The lowest BCUT2D eigenvalue weighted by atomic mass is 10.1. The number of aryl methyl sites for hydroxylation is 1. The van der Waals surface area contributed by atoms with Crippen molar-refractivity contribution in [3.63, 3.8) is 0 Å². The molecule has 0 aliphatic rings. The van der Waals surface area contributed by atoms with Gasteiger partial charge in [0.2, 0.25) is 0 Å². The summed E-state index contributed by atoms with van der Waals surface area (Å²) in [7, 11) is 0. The van der Waals surface area contributed by atoms with Gasteiger partial charge in [-0.15, -0.1) is 11.3 Å². The van der Waals surface area contributed by atoms with E-state index in [4.69, 9.17) is 4.74 Å². The third-order valence-corrected chi connectivity index (χ3v) is 4.69. The molecule has 1 heterocycles. The molecule has 1 unspecified atom stereocenters. The molecule has 1 N–H and O–H groups in total. The lowest BCUT2D eigenvalue weighted by molar-refractivity contribution is 0.0939. The fraction of sp³-hybridized carbons (Fsp3) is 0.200. The quantitative estimate of drug-likeness (QED) is 0.686. The first-order chi connectivity index (χ1) is 12.5. The van der Waals surface area contributed by atoms with Crippen molar-refractivity contribution in [3.05, 3.63) is 81.6 Å². The number of benzene rings is 2. The summed E-state index contributed by atoms with van der Waals surface area (Å²) in [5.41, 5.74) is 2.21. The molecule has 6 heteroatoms. The highest BCUT2D eigenvalue weighted by molar-refractivity contribution is 7.09. The van der Waals surface area contributed by atoms with Gasteiger partial charge in [-0.3, -0.25) is 4.79 Å². The molecule has 0 saturated heterocycles. The average molecular weight is 370 g/mol. The Labute approximate surface area is 155 Å². The van der Waals surface area contributed by atoms with Crippen LogP contribution >= 0.6 is 11.3 Å². The van der Waals surface area contributed by atoms with Crippen molar-refractivity contribution in [3.8, 4) is 5.75 Å². The van der Waals surface area contributed by atoms with Crippen LogP contribution in [0.15, 0.2) is 53.9 Å². The monoisotopic (exact) mass is 370 g/mol. The number of carbonyl (C=O) groups is 1. The number of ether oxygens (including phenoxy) is 1. The fourth-order valence-corrected chi connectivity index (χ4v) is 3.07. The van der Waals surface area contributed by atoms with Crippen LogP contribution in [0.5, 0.6) is 5.75 Å². The fourth-order valence-electron chi connectivity index (χ4n) is 2.47. The van der Waals surface area contributed by atoms with E-state index in [1.807, 2.05) is 19.2 Å². The molecule has 2 aromatic carbocycles. The van der Waals surface area contributed by atoms with E-state index in [0.29, 0.717) is 17.9 Å². The van der Waals surface area contributed by atoms with Gasteiger partial charge in [0.15, 0.2) is 0 Å². The van der Waals surface area contributed by atoms with Crippen molar-refractivity contribution >= 4 is 17.2 Å². The van der Waals surface area contributed by atoms with Gasteiger partial charge in [0.05, 0.1) is 16.7 Å². The SMILES string of the molecule is Cc1nc(COc2cccc(C(=O)NC(C)c3ccc(F)cc3)c2)cs1. The van der Waals surface area contributed by atoms with Gasteiger partial charge in [0, 0.05) is 10.9 Å². The van der Waals surface area contributed by atoms with Gasteiger partial charge in [-0.05, 0) is 49.7 Å². The number of hydrogen-bond donors (Lipinski definition) is 1. The first-order valence-corrected chi connectivity index (χ1v) is 9.09. The van der Waals surface area contributed by atoms with Crippen LogP contribution in [0.2, 0.25) is 0 Å². The van der Waals surface area contributed by atoms with Gasteiger partial charge >= 0.3 is 0 Å². The Morgan fingerprint density at radius 2 is 2.04 bits per heavy atom. The van der Waals surface area contributed by atoms with Crippen molar-refractivity contribution in [1.82, 2.24) is 10.3 Å². The standard InChI is InChI=1S/C20H19FN2O2S/c1-13(15-6-8-17(21)9-7-15)22-20(24)16-4-3-5-19(10-16)25-11-18-12-26-14(2)23-18/h3-10,12-13H,11H2,1-2H3,(H,22,24). The summed E-state index contributed by atoms with van der Waals surface area (Å²) >= 11 is 1.57. The number of amides is 1. The molecule has 0 aliphatic carbocycles. The van der Waals surface area contributed by atoms with Gasteiger partial charge < -0.3 is 10.1 Å². The molecular weight excluding hydrogens is 351 g/mol. The molecule has 134 valence electrons. The minimum atomic E-state index is -0.299. The number of nitrogens with zero attached hydrogens (tertiary/aromatic N) is 1. The number of carbonyl (C=O) groups excluding carboxylic acids is 1. The van der Waals surface area contributed by atoms with Gasteiger partial charge in [0.1, 0.15) is 18.2 Å². The lowest BCUT2D eigenvalue weighted by Crippen LogP contribution is -2.26. The first-order valence-electron chi connectivity index (χ1n) is 8.21. The van der Waals surface area contributed by atoms with Crippen LogP contribution in [0, 0.1) is 12.7 Å². The Morgan fingerprint density at radius 1 is 1.27 bits per heavy atom. The molecule has 3 rings (SSSR count). The molecule has 0 saturated carbocycles. The van der Waals surface area contributed by atoms with Crippen molar-refractivity contribution in [2.45, 2.75) is 26.5 Å². The number of thiazole rings is 1. The zero-order chi connectivity index (χ0) is 18.5. The predicted molar refractivity (Wildman–Crippen MR) is 99.9 cm³/mol. The van der Waals surface area contributed by atoms with Crippen LogP contribution < -0.4 is 10.1 Å². The lowest BCUT2D eigenvalue weighted by Gasteiger charge is -2.15. The molecule has 0 fully saturated rings. The summed E-state index contributed by atoms with van der Waals surface area (Å²) in [4.78, 5) is 16.8. The maximum atomic E-state index is 13.0. The van der Waals surface area contributed by atoms with E-state index in [-0.39, 0.29) is 17.8 Å². The molecule has 3 aromatic rings. The summed E-state index contributed by atoms with van der Waals surface area (Å²) in [6, 6.07) is 12.9. The summed E-state index contributed by atoms with van der Waals surface area (Å²) in [6.45, 7) is 4.17. The van der Waals surface area contributed by atoms with Crippen LogP contribution in [-0.4, -0.2) is 10.9 Å². The van der Waals surface area contributed by atoms with Crippen LogP contribution in [-0.2, 0) is 6.61 Å². The summed E-state index contributed by atoms with van der Waals surface area (Å²) < 4.78 is 18.7. The van der Waals surface area contributed by atoms with Crippen LogP contribution in [0.3, 0.4) is 0 Å². The molecule has 0 bridgehead atoms. The van der Waals surface area contributed by atoms with E-state index < -0.39 is 0 Å². The molecule has 1 amide bonds. The van der Waals surface area contributed by atoms with E-state index in [1.165, 1.54) is 12.1 Å². The Morgan fingerprint density at radius 3 is 2.73 bits per heavy atom.